The first-order valence-corrected chi connectivity index (χ1v) is 8.99. The van der Waals surface area contributed by atoms with Crippen LogP contribution in [0.15, 0.2) is 54.6 Å². The van der Waals surface area contributed by atoms with Crippen LogP contribution in [0.4, 0.5) is 28.4 Å². The van der Waals surface area contributed by atoms with Crippen molar-refractivity contribution in [1.29, 1.82) is 0 Å². The largest absolute Gasteiger partial charge is 0.437 e. The second-order valence-electron chi connectivity index (χ2n) is 6.35. The zero-order valence-corrected chi connectivity index (χ0v) is 16.8. The number of para-hydroxylation sites is 4. The second-order valence-corrected chi connectivity index (χ2v) is 6.35. The van der Waals surface area contributed by atoms with Crippen molar-refractivity contribution in [2.45, 2.75) is 0 Å². The molecule has 0 aliphatic carbocycles. The molecule has 3 aromatic rings. The Bertz CT molecular complexity index is 1310. The van der Waals surface area contributed by atoms with Crippen LogP contribution in [0, 0.1) is 50.6 Å². The molecule has 17 heteroatoms. The maximum Gasteiger partial charge on any atom is 0.368 e. The zero-order chi connectivity index (χ0) is 25.9. The van der Waals surface area contributed by atoms with Gasteiger partial charge in [0.15, 0.2) is 0 Å². The van der Waals surface area contributed by atoms with E-state index in [0.29, 0.717) is 0 Å². The van der Waals surface area contributed by atoms with Gasteiger partial charge in [0.05, 0.1) is 24.6 Å². The molecular weight excluding hydrogens is 478 g/mol. The van der Waals surface area contributed by atoms with Gasteiger partial charge < -0.3 is 9.47 Å². The van der Waals surface area contributed by atoms with Crippen molar-refractivity contribution < 1.29 is 34.1 Å². The monoisotopic (exact) mass is 487 g/mol. The second kappa shape index (κ2) is 9.40. The molecule has 0 spiro atoms. The van der Waals surface area contributed by atoms with Gasteiger partial charge in [-0.1, -0.05) is 24.3 Å². The van der Waals surface area contributed by atoms with Gasteiger partial charge >= 0.3 is 28.4 Å². The lowest BCUT2D eigenvalue weighted by atomic mass is 10.2. The molecule has 17 nitrogen and oxygen atoms in total. The Morgan fingerprint density at radius 3 is 1.14 bits per heavy atom. The average molecular weight is 487 g/mol. The van der Waals surface area contributed by atoms with Gasteiger partial charge in [0, 0.05) is 12.1 Å². The normalized spacial score (nSPS) is 10.3. The lowest BCUT2D eigenvalue weighted by molar-refractivity contribution is -0.405. The smallest absolute Gasteiger partial charge is 0.368 e. The van der Waals surface area contributed by atoms with Crippen LogP contribution in [0.3, 0.4) is 0 Å². The Hall–Kier alpha value is -5.74. The van der Waals surface area contributed by atoms with Crippen molar-refractivity contribution in [3.8, 4) is 23.0 Å². The highest BCUT2D eigenvalue weighted by Gasteiger charge is 2.42. The van der Waals surface area contributed by atoms with Gasteiger partial charge in [-0.2, -0.15) is 0 Å². The molecule has 0 fully saturated rings. The summed E-state index contributed by atoms with van der Waals surface area (Å²) < 4.78 is 10.4. The molecule has 0 aromatic heterocycles. The van der Waals surface area contributed by atoms with Crippen LogP contribution in [-0.2, 0) is 0 Å². The van der Waals surface area contributed by atoms with Crippen LogP contribution in [0.2, 0.25) is 0 Å². The van der Waals surface area contributed by atoms with Crippen molar-refractivity contribution in [3.63, 3.8) is 0 Å². The summed E-state index contributed by atoms with van der Waals surface area (Å²) >= 11 is 0. The molecule has 0 atom stereocenters. The van der Waals surface area contributed by atoms with Gasteiger partial charge in [-0.3, -0.25) is 50.6 Å². The van der Waals surface area contributed by atoms with E-state index in [1.807, 2.05) is 0 Å². The van der Waals surface area contributed by atoms with Crippen LogP contribution in [0.1, 0.15) is 0 Å². The van der Waals surface area contributed by atoms with Crippen molar-refractivity contribution in [3.05, 3.63) is 105 Å². The van der Waals surface area contributed by atoms with Gasteiger partial charge in [-0.05, 0) is 12.1 Å². The van der Waals surface area contributed by atoms with Crippen LogP contribution in [-0.4, -0.2) is 24.6 Å². The molecule has 0 unspecified atom stereocenters. The van der Waals surface area contributed by atoms with E-state index >= 15 is 0 Å². The molecule has 3 rings (SSSR count). The molecule has 0 aliphatic rings. The summed E-state index contributed by atoms with van der Waals surface area (Å²) in [5, 5.41) is 57.7. The number of nitro groups is 5. The maximum atomic E-state index is 11.9. The molecule has 0 saturated heterocycles. The Balaban J connectivity index is 2.37. The molecule has 0 saturated carbocycles. The van der Waals surface area contributed by atoms with E-state index in [-0.39, 0.29) is 6.07 Å². The molecule has 0 radical (unpaired) electrons. The van der Waals surface area contributed by atoms with Crippen LogP contribution >= 0.6 is 0 Å². The van der Waals surface area contributed by atoms with Gasteiger partial charge in [-0.15, -0.1) is 0 Å². The lowest BCUT2D eigenvalue weighted by Gasteiger charge is -2.11. The first kappa shape index (κ1) is 23.9. The van der Waals surface area contributed by atoms with Crippen molar-refractivity contribution in [2.24, 2.45) is 0 Å². The number of benzene rings is 3. The summed E-state index contributed by atoms with van der Waals surface area (Å²) in [5.74, 6) is -3.77. The Morgan fingerprint density at radius 2 is 0.829 bits per heavy atom. The van der Waals surface area contributed by atoms with E-state index in [4.69, 9.17) is 9.47 Å². The van der Waals surface area contributed by atoms with E-state index in [1.54, 1.807) is 0 Å². The number of rotatable bonds is 9. The van der Waals surface area contributed by atoms with Crippen molar-refractivity contribution in [2.75, 3.05) is 0 Å². The quantitative estimate of drug-likeness (QED) is 0.292. The highest BCUT2D eigenvalue weighted by atomic mass is 16.7. The van der Waals surface area contributed by atoms with Gasteiger partial charge in [-0.25, -0.2) is 0 Å². The van der Waals surface area contributed by atoms with E-state index < -0.39 is 76.1 Å². The summed E-state index contributed by atoms with van der Waals surface area (Å²) in [6.45, 7) is 0. The Labute approximate surface area is 191 Å². The fourth-order valence-corrected chi connectivity index (χ4v) is 2.85. The topological polar surface area (TPSA) is 234 Å². The summed E-state index contributed by atoms with van der Waals surface area (Å²) in [5.41, 5.74) is -5.47. The van der Waals surface area contributed by atoms with Crippen molar-refractivity contribution in [1.82, 2.24) is 0 Å². The van der Waals surface area contributed by atoms with Crippen LogP contribution < -0.4 is 9.47 Å². The van der Waals surface area contributed by atoms with Gasteiger partial charge in [0.2, 0.25) is 11.5 Å². The standard InChI is InChI=1S/C18H9N5O12/c24-19(25)10-5-1-3-7-14(10)34-17-12(21(28)29)9-13(22(30)31)18(16(17)23(32)33)35-15-8-4-2-6-11(15)20(26)27/h1-9H. The summed E-state index contributed by atoms with van der Waals surface area (Å²) in [4.78, 5) is 52.1. The lowest BCUT2D eigenvalue weighted by Crippen LogP contribution is -2.05. The number of nitrogens with zero attached hydrogens (tertiary/aromatic N) is 5. The molecule has 178 valence electrons. The molecule has 0 amide bonds. The maximum absolute atomic E-state index is 11.9. The Kier molecular flexibility index (Phi) is 6.42. The fraction of sp³-hybridized carbons (Fsp3) is 0. The van der Waals surface area contributed by atoms with E-state index in [0.717, 1.165) is 24.3 Å². The van der Waals surface area contributed by atoms with Crippen LogP contribution in [0.5, 0.6) is 23.0 Å². The SMILES string of the molecule is O=[N+]([O-])c1ccccc1Oc1c([N+](=O)[O-])cc([N+](=O)[O-])c(Oc2ccccc2[N+](=O)[O-])c1[N+](=O)[O-]. The fourth-order valence-electron chi connectivity index (χ4n) is 2.85. The third-order valence-electron chi connectivity index (χ3n) is 4.29. The number of hydrogen-bond donors (Lipinski definition) is 0. The summed E-state index contributed by atoms with van der Waals surface area (Å²) in [6, 6.07) is 9.06. The van der Waals surface area contributed by atoms with Gasteiger partial charge in [0.25, 0.3) is 11.5 Å². The molecule has 0 N–H and O–H groups in total. The number of hydrogen-bond acceptors (Lipinski definition) is 12. The average Bonchev–Trinajstić information content (AvgIpc) is 2.79. The number of ether oxygens (including phenoxy) is 2. The highest BCUT2D eigenvalue weighted by Crippen LogP contribution is 2.53. The molecule has 0 aliphatic heterocycles. The highest BCUT2D eigenvalue weighted by molar-refractivity contribution is 5.76. The van der Waals surface area contributed by atoms with Crippen molar-refractivity contribution >= 4 is 28.4 Å². The van der Waals surface area contributed by atoms with Gasteiger partial charge in [0.1, 0.15) is 6.07 Å². The predicted molar refractivity (Wildman–Crippen MR) is 113 cm³/mol. The molecular formula is C18H9N5O12. The molecule has 3 aromatic carbocycles. The minimum absolute atomic E-state index is 0.279. The first-order valence-electron chi connectivity index (χ1n) is 8.99. The Morgan fingerprint density at radius 1 is 0.486 bits per heavy atom. The molecule has 0 heterocycles. The van der Waals surface area contributed by atoms with E-state index in [1.165, 1.54) is 24.3 Å². The van der Waals surface area contributed by atoms with E-state index in [2.05, 4.69) is 0 Å². The molecule has 0 bridgehead atoms. The molecule has 35 heavy (non-hydrogen) atoms. The zero-order valence-electron chi connectivity index (χ0n) is 16.8. The summed E-state index contributed by atoms with van der Waals surface area (Å²) in [6.07, 6.45) is 0. The summed E-state index contributed by atoms with van der Waals surface area (Å²) in [7, 11) is 0. The minimum Gasteiger partial charge on any atom is -0.437 e. The number of nitro benzene ring substituents is 5. The van der Waals surface area contributed by atoms with E-state index in [9.17, 15) is 50.6 Å². The minimum atomic E-state index is -1.46. The van der Waals surface area contributed by atoms with Crippen LogP contribution in [0.25, 0.3) is 0 Å². The predicted octanol–water partition coefficient (Wildman–Crippen LogP) is 4.81. The third kappa shape index (κ3) is 4.72. The third-order valence-corrected chi connectivity index (χ3v) is 4.29. The first-order chi connectivity index (χ1) is 16.5.